The highest BCUT2D eigenvalue weighted by Gasteiger charge is 2.30. The van der Waals surface area contributed by atoms with Crippen molar-refractivity contribution in [2.45, 2.75) is 6.10 Å². The van der Waals surface area contributed by atoms with Crippen LogP contribution in [0.2, 0.25) is 5.02 Å². The van der Waals surface area contributed by atoms with Gasteiger partial charge in [0.15, 0.2) is 17.2 Å². The van der Waals surface area contributed by atoms with Gasteiger partial charge in [0.1, 0.15) is 11.6 Å². The lowest BCUT2D eigenvalue weighted by Crippen LogP contribution is -2.51. The molecule has 152 valence electrons. The lowest BCUT2D eigenvalue weighted by Gasteiger charge is -2.37. The van der Waals surface area contributed by atoms with Crippen LogP contribution in [0.15, 0.2) is 42.5 Å². The first-order valence-corrected chi connectivity index (χ1v) is 9.44. The lowest BCUT2D eigenvalue weighted by atomic mass is 10.1. The molecule has 0 bridgehead atoms. The maximum absolute atomic E-state index is 14.0. The number of rotatable bonds is 4. The van der Waals surface area contributed by atoms with Crippen molar-refractivity contribution in [1.29, 1.82) is 0 Å². The predicted octanol–water partition coefficient (Wildman–Crippen LogP) is 3.92. The largest absolute Gasteiger partial charge is 0.421 e. The van der Waals surface area contributed by atoms with Gasteiger partial charge >= 0.3 is 6.01 Å². The SMILES string of the molecule is OC1CN(c2nc(Oc3ccc(F)cc3F)nc3n[nH]c(-c4ccccc4Cl)c23)C1. The zero-order valence-corrected chi connectivity index (χ0v) is 16.1. The molecule has 1 fully saturated rings. The van der Waals surface area contributed by atoms with Gasteiger partial charge in [-0.25, -0.2) is 8.78 Å². The van der Waals surface area contributed by atoms with Crippen LogP contribution in [0.4, 0.5) is 14.6 Å². The molecule has 0 spiro atoms. The monoisotopic (exact) mass is 429 g/mol. The van der Waals surface area contributed by atoms with Gasteiger partial charge in [0.05, 0.1) is 17.2 Å². The summed E-state index contributed by atoms with van der Waals surface area (Å²) >= 11 is 6.35. The zero-order valence-electron chi connectivity index (χ0n) is 15.3. The summed E-state index contributed by atoms with van der Waals surface area (Å²) in [6.07, 6.45) is -0.482. The summed E-state index contributed by atoms with van der Waals surface area (Å²) in [5.74, 6) is -1.35. The summed E-state index contributed by atoms with van der Waals surface area (Å²) in [6, 6.07) is 10.0. The van der Waals surface area contributed by atoms with E-state index in [0.717, 1.165) is 12.1 Å². The Balaban J connectivity index is 1.64. The van der Waals surface area contributed by atoms with Crippen molar-refractivity contribution >= 4 is 28.5 Å². The van der Waals surface area contributed by atoms with E-state index in [-0.39, 0.29) is 17.4 Å². The second kappa shape index (κ2) is 7.19. The number of aliphatic hydroxyl groups excluding tert-OH is 1. The maximum Gasteiger partial charge on any atom is 0.326 e. The number of β-amino-alcohol motifs (C(OH)–C–C–N with tert-alkyl or cyclic N) is 1. The number of benzene rings is 2. The zero-order chi connectivity index (χ0) is 20.8. The fraction of sp³-hybridized carbons (Fsp3) is 0.150. The molecule has 5 rings (SSSR count). The van der Waals surface area contributed by atoms with Crippen LogP contribution in [0.5, 0.6) is 11.8 Å². The third-order valence-corrected chi connectivity index (χ3v) is 5.10. The number of nitrogens with zero attached hydrogens (tertiary/aromatic N) is 4. The molecule has 2 aromatic carbocycles. The molecule has 2 N–H and O–H groups in total. The van der Waals surface area contributed by atoms with Crippen molar-refractivity contribution in [3.63, 3.8) is 0 Å². The first-order valence-electron chi connectivity index (χ1n) is 9.06. The van der Waals surface area contributed by atoms with Gasteiger partial charge in [-0.1, -0.05) is 29.8 Å². The molecule has 1 aliphatic rings. The number of H-pyrrole nitrogens is 1. The summed E-state index contributed by atoms with van der Waals surface area (Å²) in [4.78, 5) is 10.5. The van der Waals surface area contributed by atoms with Crippen LogP contribution in [-0.4, -0.2) is 44.5 Å². The minimum absolute atomic E-state index is 0.151. The highest BCUT2D eigenvalue weighted by atomic mass is 35.5. The van der Waals surface area contributed by atoms with Gasteiger partial charge < -0.3 is 14.7 Å². The maximum atomic E-state index is 14.0. The van der Waals surface area contributed by atoms with Gasteiger partial charge in [-0.15, -0.1) is 0 Å². The van der Waals surface area contributed by atoms with Crippen molar-refractivity contribution in [2.24, 2.45) is 0 Å². The molecule has 1 saturated heterocycles. The number of aromatic amines is 1. The van der Waals surface area contributed by atoms with Gasteiger partial charge in [0.2, 0.25) is 0 Å². The molecule has 1 aliphatic heterocycles. The van der Waals surface area contributed by atoms with Crippen molar-refractivity contribution in [3.8, 4) is 23.0 Å². The van der Waals surface area contributed by atoms with Crippen LogP contribution in [0, 0.1) is 11.6 Å². The molecule has 0 radical (unpaired) electrons. The number of aromatic nitrogens is 4. The minimum atomic E-state index is -0.876. The number of fused-ring (bicyclic) bond motifs is 1. The van der Waals surface area contributed by atoms with Gasteiger partial charge in [-0.2, -0.15) is 15.1 Å². The number of ether oxygens (including phenoxy) is 1. The Labute approximate surface area is 173 Å². The van der Waals surface area contributed by atoms with Gasteiger partial charge in [0.25, 0.3) is 0 Å². The van der Waals surface area contributed by atoms with Crippen LogP contribution in [0.3, 0.4) is 0 Å². The standard InChI is InChI=1S/C20H14ClF2N5O2/c21-13-4-2-1-3-12(13)17-16-18(27-26-17)24-20(25-19(16)28-8-11(29)9-28)30-15-6-5-10(22)7-14(15)23/h1-7,11,29H,8-9H2,(H,24,25,26,27). The molecule has 0 saturated carbocycles. The Morgan fingerprint density at radius 3 is 2.67 bits per heavy atom. The molecule has 2 aromatic heterocycles. The van der Waals surface area contributed by atoms with Crippen molar-refractivity contribution in [3.05, 3.63) is 59.1 Å². The second-order valence-corrected chi connectivity index (χ2v) is 7.25. The first kappa shape index (κ1) is 18.7. The highest BCUT2D eigenvalue weighted by Crippen LogP contribution is 2.38. The number of hydrogen-bond acceptors (Lipinski definition) is 6. The molecule has 10 heteroatoms. The van der Waals surface area contributed by atoms with E-state index in [4.69, 9.17) is 16.3 Å². The lowest BCUT2D eigenvalue weighted by molar-refractivity contribution is 0.141. The van der Waals surface area contributed by atoms with E-state index in [9.17, 15) is 13.9 Å². The molecule has 3 heterocycles. The number of aliphatic hydroxyl groups is 1. The van der Waals surface area contributed by atoms with Crippen molar-refractivity contribution in [1.82, 2.24) is 20.2 Å². The van der Waals surface area contributed by atoms with E-state index >= 15 is 0 Å². The predicted molar refractivity (Wildman–Crippen MR) is 107 cm³/mol. The summed E-state index contributed by atoms with van der Waals surface area (Å²) < 4.78 is 32.6. The van der Waals surface area contributed by atoms with Gasteiger partial charge in [-0.3, -0.25) is 5.10 Å². The van der Waals surface area contributed by atoms with E-state index < -0.39 is 17.7 Å². The van der Waals surface area contributed by atoms with E-state index in [2.05, 4.69) is 20.2 Å². The third kappa shape index (κ3) is 3.21. The molecule has 7 nitrogen and oxygen atoms in total. The van der Waals surface area contributed by atoms with Crippen molar-refractivity contribution < 1.29 is 18.6 Å². The van der Waals surface area contributed by atoms with Gasteiger partial charge in [-0.05, 0) is 18.2 Å². The summed E-state index contributed by atoms with van der Waals surface area (Å²) in [7, 11) is 0. The average molecular weight is 430 g/mol. The fourth-order valence-corrected chi connectivity index (χ4v) is 3.54. The summed E-state index contributed by atoms with van der Waals surface area (Å²) in [6.45, 7) is 0.729. The van der Waals surface area contributed by atoms with E-state index in [0.29, 0.717) is 46.6 Å². The molecule has 0 atom stereocenters. The van der Waals surface area contributed by atoms with Crippen LogP contribution in [0.1, 0.15) is 0 Å². The first-order chi connectivity index (χ1) is 14.5. The minimum Gasteiger partial charge on any atom is -0.421 e. The Morgan fingerprint density at radius 1 is 1.13 bits per heavy atom. The van der Waals surface area contributed by atoms with Crippen LogP contribution in [-0.2, 0) is 0 Å². The quantitative estimate of drug-likeness (QED) is 0.511. The molecule has 30 heavy (non-hydrogen) atoms. The van der Waals surface area contributed by atoms with Crippen LogP contribution in [0.25, 0.3) is 22.3 Å². The number of hydrogen-bond donors (Lipinski definition) is 2. The van der Waals surface area contributed by atoms with Crippen LogP contribution < -0.4 is 9.64 Å². The Kier molecular flexibility index (Phi) is 4.48. The van der Waals surface area contributed by atoms with E-state index in [1.54, 1.807) is 6.07 Å². The molecule has 4 aromatic rings. The smallest absolute Gasteiger partial charge is 0.326 e. The molecule has 0 aliphatic carbocycles. The second-order valence-electron chi connectivity index (χ2n) is 6.84. The molecule has 0 amide bonds. The molecular formula is C20H14ClF2N5O2. The normalized spacial score (nSPS) is 14.2. The average Bonchev–Trinajstić information content (AvgIpc) is 3.11. The van der Waals surface area contributed by atoms with Crippen LogP contribution >= 0.6 is 11.6 Å². The number of anilines is 1. The molecule has 0 unspecified atom stereocenters. The summed E-state index contributed by atoms with van der Waals surface area (Å²) in [5.41, 5.74) is 1.62. The summed E-state index contributed by atoms with van der Waals surface area (Å²) in [5, 5.41) is 18.0. The van der Waals surface area contributed by atoms with Crippen molar-refractivity contribution in [2.75, 3.05) is 18.0 Å². The Bertz CT molecular complexity index is 1260. The van der Waals surface area contributed by atoms with E-state index in [1.165, 1.54) is 0 Å². The number of nitrogens with one attached hydrogen (secondary N) is 1. The number of halogens is 3. The Hall–Kier alpha value is -3.30. The molecular weight excluding hydrogens is 416 g/mol. The highest BCUT2D eigenvalue weighted by molar-refractivity contribution is 6.33. The fourth-order valence-electron chi connectivity index (χ4n) is 3.31. The van der Waals surface area contributed by atoms with E-state index in [1.807, 2.05) is 23.1 Å². The topological polar surface area (TPSA) is 87.2 Å². The third-order valence-electron chi connectivity index (χ3n) is 4.77. The Morgan fingerprint density at radius 2 is 1.93 bits per heavy atom. The van der Waals surface area contributed by atoms with Gasteiger partial charge in [0, 0.05) is 29.7 Å².